The molecule has 0 amide bonds. The second-order valence-electron chi connectivity index (χ2n) is 6.90. The third-order valence-electron chi connectivity index (χ3n) is 5.21. The molecule has 3 rings (SSSR count). The Morgan fingerprint density at radius 1 is 1.16 bits per heavy atom. The van der Waals surface area contributed by atoms with E-state index >= 15 is 0 Å². The highest BCUT2D eigenvalue weighted by Gasteiger charge is 2.28. The van der Waals surface area contributed by atoms with E-state index in [9.17, 15) is 4.79 Å². The molecule has 5 nitrogen and oxygen atoms in total. The lowest BCUT2D eigenvalue weighted by Gasteiger charge is -2.40. The highest BCUT2D eigenvalue weighted by Crippen LogP contribution is 2.24. The second-order valence-corrected chi connectivity index (χ2v) is 7.29. The predicted molar refractivity (Wildman–Crippen MR) is 107 cm³/mol. The van der Waals surface area contributed by atoms with Gasteiger partial charge in [-0.15, -0.1) is 0 Å². The minimum atomic E-state index is -0.0779. The number of benzene rings is 1. The standard InChI is InChI=1S/C19H26N4OS/c1-13-9-8-10-14(2)22(13)19(25)20-17-15(3)21(4)23(18(17)24)16-11-6-5-7-12-16/h5-7,11-14H,8-10H2,1-4H3,(H,20,25). The van der Waals surface area contributed by atoms with Gasteiger partial charge < -0.3 is 10.2 Å². The topological polar surface area (TPSA) is 42.2 Å². The number of rotatable bonds is 2. The molecule has 0 spiro atoms. The molecule has 1 fully saturated rings. The molecule has 2 aromatic rings. The number of piperidine rings is 1. The zero-order valence-electron chi connectivity index (χ0n) is 15.3. The van der Waals surface area contributed by atoms with Gasteiger partial charge in [0, 0.05) is 19.1 Å². The van der Waals surface area contributed by atoms with E-state index in [4.69, 9.17) is 12.2 Å². The first-order valence-corrected chi connectivity index (χ1v) is 9.26. The lowest BCUT2D eigenvalue weighted by atomic mass is 9.98. The smallest absolute Gasteiger partial charge is 0.295 e. The van der Waals surface area contributed by atoms with Gasteiger partial charge in [0.1, 0.15) is 5.69 Å². The van der Waals surface area contributed by atoms with Gasteiger partial charge in [-0.25, -0.2) is 4.68 Å². The number of para-hydroxylation sites is 1. The summed E-state index contributed by atoms with van der Waals surface area (Å²) in [4.78, 5) is 15.2. The minimum Gasteiger partial charge on any atom is -0.344 e. The van der Waals surface area contributed by atoms with Gasteiger partial charge in [-0.2, -0.15) is 0 Å². The fourth-order valence-electron chi connectivity index (χ4n) is 3.71. The largest absolute Gasteiger partial charge is 0.344 e. The predicted octanol–water partition coefficient (Wildman–Crippen LogP) is 3.44. The van der Waals surface area contributed by atoms with Crippen molar-refractivity contribution < 1.29 is 0 Å². The van der Waals surface area contributed by atoms with Crippen LogP contribution in [0.5, 0.6) is 0 Å². The molecule has 25 heavy (non-hydrogen) atoms. The number of thiocarbonyl (C=S) groups is 1. The maximum atomic E-state index is 13.0. The summed E-state index contributed by atoms with van der Waals surface area (Å²) in [6, 6.07) is 10.4. The Kier molecular flexibility index (Phi) is 4.99. The number of aromatic nitrogens is 2. The number of hydrogen-bond donors (Lipinski definition) is 1. The van der Waals surface area contributed by atoms with E-state index in [1.807, 2.05) is 49.0 Å². The molecule has 0 radical (unpaired) electrons. The van der Waals surface area contributed by atoms with Crippen molar-refractivity contribution in [1.82, 2.24) is 14.3 Å². The molecule has 1 aliphatic heterocycles. The van der Waals surface area contributed by atoms with Crippen molar-refractivity contribution in [2.45, 2.75) is 52.1 Å². The molecule has 2 unspecified atom stereocenters. The van der Waals surface area contributed by atoms with E-state index in [-0.39, 0.29) is 5.56 Å². The van der Waals surface area contributed by atoms with Crippen LogP contribution in [0.15, 0.2) is 35.1 Å². The Morgan fingerprint density at radius 2 is 1.76 bits per heavy atom. The molecular formula is C19H26N4OS. The van der Waals surface area contributed by atoms with Crippen LogP contribution in [-0.4, -0.2) is 31.5 Å². The molecule has 1 N–H and O–H groups in total. The van der Waals surface area contributed by atoms with Crippen molar-refractivity contribution in [2.24, 2.45) is 7.05 Å². The molecule has 134 valence electrons. The first kappa shape index (κ1) is 17.7. The van der Waals surface area contributed by atoms with Crippen LogP contribution in [-0.2, 0) is 7.05 Å². The quantitative estimate of drug-likeness (QED) is 0.835. The zero-order chi connectivity index (χ0) is 18.1. The third-order valence-corrected chi connectivity index (χ3v) is 5.53. The van der Waals surface area contributed by atoms with E-state index < -0.39 is 0 Å². The number of anilines is 1. The van der Waals surface area contributed by atoms with Crippen molar-refractivity contribution in [3.05, 3.63) is 46.4 Å². The monoisotopic (exact) mass is 358 g/mol. The van der Waals surface area contributed by atoms with Crippen molar-refractivity contribution in [3.63, 3.8) is 0 Å². The van der Waals surface area contributed by atoms with Gasteiger partial charge in [0.2, 0.25) is 0 Å². The Bertz CT molecular complexity index is 814. The molecule has 6 heteroatoms. The molecule has 1 aliphatic rings. The minimum absolute atomic E-state index is 0.0779. The van der Waals surface area contributed by atoms with E-state index in [1.54, 1.807) is 4.68 Å². The maximum Gasteiger partial charge on any atom is 0.295 e. The summed E-state index contributed by atoms with van der Waals surface area (Å²) in [5, 5.41) is 3.89. The number of likely N-dealkylation sites (tertiary alicyclic amines) is 1. The first-order valence-electron chi connectivity index (χ1n) is 8.85. The molecule has 2 atom stereocenters. The summed E-state index contributed by atoms with van der Waals surface area (Å²) in [6.07, 6.45) is 3.50. The normalized spacial score (nSPS) is 20.6. The highest BCUT2D eigenvalue weighted by atomic mass is 32.1. The zero-order valence-corrected chi connectivity index (χ0v) is 16.1. The fourth-order valence-corrected chi connectivity index (χ4v) is 4.17. The summed E-state index contributed by atoms with van der Waals surface area (Å²) < 4.78 is 3.54. The number of hydrogen-bond acceptors (Lipinski definition) is 2. The Balaban J connectivity index is 1.94. The average molecular weight is 359 g/mol. The van der Waals surface area contributed by atoms with Crippen LogP contribution in [0.2, 0.25) is 0 Å². The van der Waals surface area contributed by atoms with Gasteiger partial charge in [-0.1, -0.05) is 18.2 Å². The molecular weight excluding hydrogens is 332 g/mol. The summed E-state index contributed by atoms with van der Waals surface area (Å²) in [5.74, 6) is 0. The molecule has 1 saturated heterocycles. The highest BCUT2D eigenvalue weighted by molar-refractivity contribution is 7.80. The van der Waals surface area contributed by atoms with Crippen LogP contribution >= 0.6 is 12.2 Å². The molecule has 0 bridgehead atoms. The van der Waals surface area contributed by atoms with Crippen molar-refractivity contribution in [1.29, 1.82) is 0 Å². The summed E-state index contributed by atoms with van der Waals surface area (Å²) >= 11 is 5.66. The van der Waals surface area contributed by atoms with Crippen LogP contribution in [0.4, 0.5) is 5.69 Å². The van der Waals surface area contributed by atoms with Gasteiger partial charge >= 0.3 is 0 Å². The molecule has 0 aliphatic carbocycles. The summed E-state index contributed by atoms with van der Waals surface area (Å²) in [7, 11) is 1.89. The van der Waals surface area contributed by atoms with Crippen molar-refractivity contribution >= 4 is 23.0 Å². The third kappa shape index (κ3) is 3.23. The Hall–Kier alpha value is -2.08. The van der Waals surface area contributed by atoms with E-state index in [0.29, 0.717) is 22.9 Å². The van der Waals surface area contributed by atoms with Crippen molar-refractivity contribution in [2.75, 3.05) is 5.32 Å². The van der Waals surface area contributed by atoms with Gasteiger partial charge in [0.05, 0.1) is 11.4 Å². The van der Waals surface area contributed by atoms with E-state index in [1.165, 1.54) is 6.42 Å². The van der Waals surface area contributed by atoms with Gasteiger partial charge in [-0.05, 0) is 64.4 Å². The first-order chi connectivity index (χ1) is 11.9. The molecule has 1 aromatic carbocycles. The van der Waals surface area contributed by atoms with Gasteiger partial charge in [0.25, 0.3) is 5.56 Å². The van der Waals surface area contributed by atoms with Crippen LogP contribution in [0.1, 0.15) is 38.8 Å². The van der Waals surface area contributed by atoms with Gasteiger partial charge in [0.15, 0.2) is 5.11 Å². The van der Waals surface area contributed by atoms with Gasteiger partial charge in [-0.3, -0.25) is 9.48 Å². The van der Waals surface area contributed by atoms with Crippen LogP contribution in [0, 0.1) is 6.92 Å². The lowest BCUT2D eigenvalue weighted by molar-refractivity contribution is 0.194. The van der Waals surface area contributed by atoms with E-state index in [2.05, 4.69) is 24.1 Å². The van der Waals surface area contributed by atoms with Crippen molar-refractivity contribution in [3.8, 4) is 5.69 Å². The Labute approximate surface area is 154 Å². The fraction of sp³-hybridized carbons (Fsp3) is 0.474. The lowest BCUT2D eigenvalue weighted by Crippen LogP contribution is -2.49. The van der Waals surface area contributed by atoms with Crippen LogP contribution in [0.3, 0.4) is 0 Å². The molecule has 1 aromatic heterocycles. The van der Waals surface area contributed by atoms with Crippen LogP contribution < -0.4 is 10.9 Å². The number of nitrogens with zero attached hydrogens (tertiary/aromatic N) is 3. The summed E-state index contributed by atoms with van der Waals surface area (Å²) in [6.45, 7) is 6.34. The Morgan fingerprint density at radius 3 is 2.36 bits per heavy atom. The van der Waals surface area contributed by atoms with Crippen LogP contribution in [0.25, 0.3) is 5.69 Å². The molecule has 2 heterocycles. The SMILES string of the molecule is Cc1c(NC(=S)N2C(C)CCCC2C)c(=O)n(-c2ccccc2)n1C. The van der Waals surface area contributed by atoms with E-state index in [0.717, 1.165) is 24.2 Å². The summed E-state index contributed by atoms with van der Waals surface area (Å²) in [5.41, 5.74) is 2.19. The number of nitrogens with one attached hydrogen (secondary N) is 1. The molecule has 0 saturated carbocycles. The average Bonchev–Trinajstić information content (AvgIpc) is 2.79. The second kappa shape index (κ2) is 7.04. The maximum absolute atomic E-state index is 13.0.